The zero-order valence-corrected chi connectivity index (χ0v) is 11.2. The lowest BCUT2D eigenvalue weighted by molar-refractivity contribution is 0.0344. The minimum atomic E-state index is 0.599. The maximum absolute atomic E-state index is 5.35. The van der Waals surface area contributed by atoms with Gasteiger partial charge in [-0.3, -0.25) is 4.90 Å². The van der Waals surface area contributed by atoms with Crippen molar-refractivity contribution in [2.24, 2.45) is 5.92 Å². The molecule has 16 heavy (non-hydrogen) atoms. The monoisotopic (exact) mass is 228 g/mol. The normalized spacial score (nSPS) is 21.9. The molecule has 0 aromatic heterocycles. The summed E-state index contributed by atoms with van der Waals surface area (Å²) in [6.45, 7) is 13.2. The van der Waals surface area contributed by atoms with Crippen LogP contribution in [0.5, 0.6) is 0 Å². The fourth-order valence-corrected chi connectivity index (χ4v) is 2.02. The van der Waals surface area contributed by atoms with E-state index in [1.54, 1.807) is 0 Å². The Morgan fingerprint density at radius 3 is 2.56 bits per heavy atom. The van der Waals surface area contributed by atoms with Crippen LogP contribution >= 0.6 is 0 Å². The van der Waals surface area contributed by atoms with Crippen LogP contribution in [-0.2, 0) is 4.74 Å². The van der Waals surface area contributed by atoms with Crippen LogP contribution in [0.4, 0.5) is 0 Å². The number of nitrogens with one attached hydrogen (secondary N) is 1. The van der Waals surface area contributed by atoms with Gasteiger partial charge in [0.25, 0.3) is 0 Å². The molecule has 2 unspecified atom stereocenters. The second-order valence-corrected chi connectivity index (χ2v) is 5.07. The standard InChI is InChI=1S/C13H28N2O/c1-4-12(2)5-6-14-13(3)11-15-7-9-16-10-8-15/h12-14H,4-11H2,1-3H3. The molecule has 0 spiro atoms. The van der Waals surface area contributed by atoms with Gasteiger partial charge >= 0.3 is 0 Å². The fourth-order valence-electron chi connectivity index (χ4n) is 2.02. The van der Waals surface area contributed by atoms with Crippen molar-refractivity contribution in [3.63, 3.8) is 0 Å². The Morgan fingerprint density at radius 1 is 1.25 bits per heavy atom. The van der Waals surface area contributed by atoms with Crippen molar-refractivity contribution in [2.45, 2.75) is 39.7 Å². The number of morpholine rings is 1. The molecule has 1 aliphatic heterocycles. The molecule has 0 aliphatic carbocycles. The summed E-state index contributed by atoms with van der Waals surface area (Å²) in [5.74, 6) is 0.850. The summed E-state index contributed by atoms with van der Waals surface area (Å²) in [6, 6.07) is 0.599. The predicted octanol–water partition coefficient (Wildman–Crippen LogP) is 1.73. The summed E-state index contributed by atoms with van der Waals surface area (Å²) in [6.07, 6.45) is 2.59. The first kappa shape index (κ1) is 13.9. The van der Waals surface area contributed by atoms with E-state index >= 15 is 0 Å². The molecule has 3 heteroatoms. The number of rotatable bonds is 7. The van der Waals surface area contributed by atoms with Crippen molar-refractivity contribution in [2.75, 3.05) is 39.4 Å². The molecule has 1 heterocycles. The highest BCUT2D eigenvalue weighted by Crippen LogP contribution is 2.05. The van der Waals surface area contributed by atoms with Crippen LogP contribution in [0.2, 0.25) is 0 Å². The molecule has 0 bridgehead atoms. The molecule has 2 atom stereocenters. The second kappa shape index (κ2) is 8.04. The summed E-state index contributed by atoms with van der Waals surface area (Å²) in [7, 11) is 0. The van der Waals surface area contributed by atoms with Gasteiger partial charge in [-0.05, 0) is 25.8 Å². The molecule has 0 amide bonds. The molecule has 0 aromatic carbocycles. The van der Waals surface area contributed by atoms with Crippen molar-refractivity contribution < 1.29 is 4.74 Å². The van der Waals surface area contributed by atoms with Crippen molar-refractivity contribution in [1.82, 2.24) is 10.2 Å². The quantitative estimate of drug-likeness (QED) is 0.718. The number of hydrogen-bond acceptors (Lipinski definition) is 3. The first-order chi connectivity index (χ1) is 7.72. The van der Waals surface area contributed by atoms with Gasteiger partial charge in [0.15, 0.2) is 0 Å². The first-order valence-electron chi connectivity index (χ1n) is 6.75. The lowest BCUT2D eigenvalue weighted by atomic mass is 10.1. The maximum atomic E-state index is 5.35. The number of nitrogens with zero attached hydrogens (tertiary/aromatic N) is 1. The van der Waals surface area contributed by atoms with Crippen LogP contribution < -0.4 is 5.32 Å². The van der Waals surface area contributed by atoms with E-state index in [1.807, 2.05) is 0 Å². The molecule has 1 N–H and O–H groups in total. The Morgan fingerprint density at radius 2 is 1.94 bits per heavy atom. The van der Waals surface area contributed by atoms with Crippen LogP contribution in [0.3, 0.4) is 0 Å². The van der Waals surface area contributed by atoms with Crippen molar-refractivity contribution in [3.8, 4) is 0 Å². The maximum Gasteiger partial charge on any atom is 0.0594 e. The summed E-state index contributed by atoms with van der Waals surface area (Å²) in [5, 5.41) is 3.61. The van der Waals surface area contributed by atoms with E-state index in [-0.39, 0.29) is 0 Å². The Balaban J connectivity index is 2.03. The van der Waals surface area contributed by atoms with E-state index in [4.69, 9.17) is 4.74 Å². The lowest BCUT2D eigenvalue weighted by Crippen LogP contribution is -2.44. The van der Waals surface area contributed by atoms with Gasteiger partial charge in [0.2, 0.25) is 0 Å². The third-order valence-electron chi connectivity index (χ3n) is 3.46. The molecule has 1 fully saturated rings. The molecule has 0 radical (unpaired) electrons. The van der Waals surface area contributed by atoms with E-state index in [2.05, 4.69) is 31.0 Å². The molecule has 96 valence electrons. The highest BCUT2D eigenvalue weighted by atomic mass is 16.5. The molecule has 3 nitrogen and oxygen atoms in total. The van der Waals surface area contributed by atoms with Gasteiger partial charge in [0.1, 0.15) is 0 Å². The largest absolute Gasteiger partial charge is 0.379 e. The van der Waals surface area contributed by atoms with Crippen LogP contribution in [0.1, 0.15) is 33.6 Å². The zero-order valence-electron chi connectivity index (χ0n) is 11.2. The van der Waals surface area contributed by atoms with Crippen LogP contribution in [0.15, 0.2) is 0 Å². The van der Waals surface area contributed by atoms with Crippen LogP contribution in [0, 0.1) is 5.92 Å². The summed E-state index contributed by atoms with van der Waals surface area (Å²) < 4.78 is 5.35. The molecular formula is C13H28N2O. The smallest absolute Gasteiger partial charge is 0.0594 e. The highest BCUT2D eigenvalue weighted by Gasteiger charge is 2.13. The van der Waals surface area contributed by atoms with Gasteiger partial charge in [-0.2, -0.15) is 0 Å². The average molecular weight is 228 g/mol. The van der Waals surface area contributed by atoms with Gasteiger partial charge in [0.05, 0.1) is 13.2 Å². The second-order valence-electron chi connectivity index (χ2n) is 5.07. The van der Waals surface area contributed by atoms with Crippen molar-refractivity contribution in [1.29, 1.82) is 0 Å². The minimum absolute atomic E-state index is 0.599. The van der Waals surface area contributed by atoms with E-state index in [9.17, 15) is 0 Å². The SMILES string of the molecule is CCC(C)CCNC(C)CN1CCOCC1. The highest BCUT2D eigenvalue weighted by molar-refractivity contribution is 4.70. The van der Waals surface area contributed by atoms with E-state index in [0.29, 0.717) is 6.04 Å². The van der Waals surface area contributed by atoms with Gasteiger partial charge in [-0.25, -0.2) is 0 Å². The first-order valence-corrected chi connectivity index (χ1v) is 6.75. The molecule has 1 aliphatic rings. The number of hydrogen-bond donors (Lipinski definition) is 1. The summed E-state index contributed by atoms with van der Waals surface area (Å²) in [4.78, 5) is 2.49. The Hall–Kier alpha value is -0.120. The van der Waals surface area contributed by atoms with E-state index in [0.717, 1.165) is 45.3 Å². The summed E-state index contributed by atoms with van der Waals surface area (Å²) >= 11 is 0. The average Bonchev–Trinajstić information content (AvgIpc) is 2.30. The Kier molecular flexibility index (Phi) is 7.01. The topological polar surface area (TPSA) is 24.5 Å². The van der Waals surface area contributed by atoms with Crippen molar-refractivity contribution >= 4 is 0 Å². The molecule has 1 rings (SSSR count). The van der Waals surface area contributed by atoms with Crippen LogP contribution in [-0.4, -0.2) is 50.3 Å². The zero-order chi connectivity index (χ0) is 11.8. The van der Waals surface area contributed by atoms with Gasteiger partial charge < -0.3 is 10.1 Å². The lowest BCUT2D eigenvalue weighted by Gasteiger charge is -2.29. The van der Waals surface area contributed by atoms with Gasteiger partial charge in [-0.15, -0.1) is 0 Å². The van der Waals surface area contributed by atoms with Gasteiger partial charge in [0, 0.05) is 25.7 Å². The van der Waals surface area contributed by atoms with Crippen LogP contribution in [0.25, 0.3) is 0 Å². The molecular weight excluding hydrogens is 200 g/mol. The van der Waals surface area contributed by atoms with Gasteiger partial charge in [-0.1, -0.05) is 20.3 Å². The Labute approximate surface area is 101 Å². The van der Waals surface area contributed by atoms with E-state index in [1.165, 1.54) is 12.8 Å². The third kappa shape index (κ3) is 5.83. The predicted molar refractivity (Wildman–Crippen MR) is 68.8 cm³/mol. The van der Waals surface area contributed by atoms with Crippen molar-refractivity contribution in [3.05, 3.63) is 0 Å². The molecule has 0 saturated carbocycles. The fraction of sp³-hybridized carbons (Fsp3) is 1.00. The third-order valence-corrected chi connectivity index (χ3v) is 3.46. The molecule has 1 saturated heterocycles. The minimum Gasteiger partial charge on any atom is -0.379 e. The summed E-state index contributed by atoms with van der Waals surface area (Å²) in [5.41, 5.74) is 0. The molecule has 0 aromatic rings. The Bertz CT molecular complexity index is 169. The number of ether oxygens (including phenoxy) is 1. The van der Waals surface area contributed by atoms with E-state index < -0.39 is 0 Å².